The highest BCUT2D eigenvalue weighted by Gasteiger charge is 2.13. The Morgan fingerprint density at radius 3 is 2.10 bits per heavy atom. The minimum absolute atomic E-state index is 0.117. The zero-order valence-electron chi connectivity index (χ0n) is 12.4. The lowest BCUT2D eigenvalue weighted by molar-refractivity contribution is 0.415. The van der Waals surface area contributed by atoms with Gasteiger partial charge in [-0.2, -0.15) is 10.2 Å². The summed E-state index contributed by atoms with van der Waals surface area (Å²) >= 11 is 0. The maximum Gasteiger partial charge on any atom is 0.119 e. The van der Waals surface area contributed by atoms with Crippen molar-refractivity contribution in [1.82, 2.24) is 0 Å². The first kappa shape index (κ1) is 14.3. The molecule has 0 fully saturated rings. The molecule has 20 heavy (non-hydrogen) atoms. The van der Waals surface area contributed by atoms with E-state index in [0.717, 1.165) is 17.1 Å². The lowest BCUT2D eigenvalue weighted by Gasteiger charge is -2.18. The number of methoxy groups -OCH3 is 1. The fourth-order valence-electron chi connectivity index (χ4n) is 1.80. The highest BCUT2D eigenvalue weighted by molar-refractivity contribution is 5.44. The van der Waals surface area contributed by atoms with Gasteiger partial charge in [-0.15, -0.1) is 0 Å². The van der Waals surface area contributed by atoms with Crippen LogP contribution in [0.15, 0.2) is 58.8 Å². The van der Waals surface area contributed by atoms with E-state index in [9.17, 15) is 0 Å². The van der Waals surface area contributed by atoms with Gasteiger partial charge < -0.3 is 4.74 Å². The molecule has 0 saturated carbocycles. The van der Waals surface area contributed by atoms with Crippen LogP contribution in [0.2, 0.25) is 0 Å². The minimum atomic E-state index is 0.117. The van der Waals surface area contributed by atoms with E-state index in [1.165, 1.54) is 5.56 Å². The highest BCUT2D eigenvalue weighted by Crippen LogP contribution is 2.27. The normalized spacial score (nSPS) is 11.8. The van der Waals surface area contributed by atoms with Crippen LogP contribution in [-0.2, 0) is 5.41 Å². The molecule has 2 aromatic carbocycles. The summed E-state index contributed by atoms with van der Waals surface area (Å²) in [6, 6.07) is 15.7. The van der Waals surface area contributed by atoms with Crippen LogP contribution in [0.1, 0.15) is 26.3 Å². The Labute approximate surface area is 120 Å². The Morgan fingerprint density at radius 2 is 1.50 bits per heavy atom. The van der Waals surface area contributed by atoms with Gasteiger partial charge in [-0.25, -0.2) is 0 Å². The number of nitrogens with zero attached hydrogens (tertiary/aromatic N) is 2. The fourth-order valence-corrected chi connectivity index (χ4v) is 1.80. The van der Waals surface area contributed by atoms with Gasteiger partial charge in [0.2, 0.25) is 0 Å². The van der Waals surface area contributed by atoms with Crippen molar-refractivity contribution in [3.8, 4) is 5.75 Å². The summed E-state index contributed by atoms with van der Waals surface area (Å²) < 4.78 is 5.11. The molecule has 0 atom stereocenters. The average Bonchev–Trinajstić information content (AvgIpc) is 2.45. The second-order valence-electron chi connectivity index (χ2n) is 5.70. The molecule has 0 heterocycles. The Balaban J connectivity index is 2.18. The van der Waals surface area contributed by atoms with E-state index in [-0.39, 0.29) is 5.41 Å². The van der Waals surface area contributed by atoms with Gasteiger partial charge in [0.15, 0.2) is 0 Å². The van der Waals surface area contributed by atoms with Crippen LogP contribution in [0.4, 0.5) is 11.4 Å². The third kappa shape index (κ3) is 3.67. The Morgan fingerprint density at radius 1 is 0.850 bits per heavy atom. The molecule has 0 amide bonds. The predicted molar refractivity (Wildman–Crippen MR) is 82.3 cm³/mol. The van der Waals surface area contributed by atoms with Crippen LogP contribution < -0.4 is 4.74 Å². The van der Waals surface area contributed by atoms with E-state index in [0.29, 0.717) is 0 Å². The molecule has 2 rings (SSSR count). The summed E-state index contributed by atoms with van der Waals surface area (Å²) in [4.78, 5) is 0. The molecule has 3 heteroatoms. The van der Waals surface area contributed by atoms with E-state index in [2.05, 4.69) is 43.1 Å². The van der Waals surface area contributed by atoms with Gasteiger partial charge >= 0.3 is 0 Å². The van der Waals surface area contributed by atoms with E-state index in [4.69, 9.17) is 4.74 Å². The Hall–Kier alpha value is -2.16. The van der Waals surface area contributed by atoms with Gasteiger partial charge in [-0.05, 0) is 47.4 Å². The smallest absolute Gasteiger partial charge is 0.119 e. The van der Waals surface area contributed by atoms with Crippen molar-refractivity contribution in [3.63, 3.8) is 0 Å². The third-order valence-corrected chi connectivity index (χ3v) is 3.07. The van der Waals surface area contributed by atoms with Crippen LogP contribution in [0.5, 0.6) is 5.75 Å². The number of benzene rings is 2. The van der Waals surface area contributed by atoms with Gasteiger partial charge in [-0.3, -0.25) is 0 Å². The predicted octanol–water partition coefficient (Wildman–Crippen LogP) is 5.41. The van der Waals surface area contributed by atoms with Crippen molar-refractivity contribution in [2.45, 2.75) is 26.2 Å². The second-order valence-corrected chi connectivity index (χ2v) is 5.70. The van der Waals surface area contributed by atoms with Crippen molar-refractivity contribution in [1.29, 1.82) is 0 Å². The molecular formula is C17H20N2O. The van der Waals surface area contributed by atoms with E-state index < -0.39 is 0 Å². The summed E-state index contributed by atoms with van der Waals surface area (Å²) in [7, 11) is 1.65. The quantitative estimate of drug-likeness (QED) is 0.685. The summed E-state index contributed by atoms with van der Waals surface area (Å²) in [5.74, 6) is 0.818. The van der Waals surface area contributed by atoms with E-state index in [1.807, 2.05) is 36.4 Å². The molecule has 0 spiro atoms. The molecule has 0 bridgehead atoms. The Bertz CT molecular complexity index is 595. The number of rotatable bonds is 3. The molecule has 0 aliphatic rings. The lowest BCUT2D eigenvalue weighted by atomic mass is 9.87. The van der Waals surface area contributed by atoms with Crippen molar-refractivity contribution < 1.29 is 4.74 Å². The van der Waals surface area contributed by atoms with Crippen molar-refractivity contribution >= 4 is 11.4 Å². The summed E-state index contributed by atoms with van der Waals surface area (Å²) in [5, 5.41) is 8.53. The molecule has 0 radical (unpaired) electrons. The van der Waals surface area contributed by atoms with Crippen LogP contribution in [0.25, 0.3) is 0 Å². The number of hydrogen-bond donors (Lipinski definition) is 0. The summed E-state index contributed by atoms with van der Waals surface area (Å²) in [5.41, 5.74) is 3.05. The van der Waals surface area contributed by atoms with Gasteiger partial charge in [0, 0.05) is 0 Å². The van der Waals surface area contributed by atoms with E-state index in [1.54, 1.807) is 7.11 Å². The zero-order chi connectivity index (χ0) is 14.6. The zero-order valence-corrected chi connectivity index (χ0v) is 12.4. The van der Waals surface area contributed by atoms with Crippen LogP contribution >= 0.6 is 0 Å². The molecule has 0 saturated heterocycles. The molecule has 0 unspecified atom stereocenters. The van der Waals surface area contributed by atoms with Gasteiger partial charge in [0.1, 0.15) is 5.75 Å². The second kappa shape index (κ2) is 5.87. The largest absolute Gasteiger partial charge is 0.497 e. The lowest BCUT2D eigenvalue weighted by Crippen LogP contribution is -2.10. The summed E-state index contributed by atoms with van der Waals surface area (Å²) in [6.45, 7) is 6.56. The minimum Gasteiger partial charge on any atom is -0.497 e. The maximum absolute atomic E-state index is 5.11. The van der Waals surface area contributed by atoms with Crippen LogP contribution in [0.3, 0.4) is 0 Å². The highest BCUT2D eigenvalue weighted by atomic mass is 16.5. The molecule has 3 nitrogen and oxygen atoms in total. The fraction of sp³-hybridized carbons (Fsp3) is 0.294. The molecule has 2 aromatic rings. The van der Waals surface area contributed by atoms with Gasteiger partial charge in [0.25, 0.3) is 0 Å². The standard InChI is InChI=1S/C17H20N2O/c1-17(2,3)13-6-5-7-15(12-13)19-18-14-8-10-16(20-4)11-9-14/h5-12H,1-4H3. The number of ether oxygens (including phenoxy) is 1. The van der Waals surface area contributed by atoms with Crippen LogP contribution in [-0.4, -0.2) is 7.11 Å². The molecular weight excluding hydrogens is 248 g/mol. The van der Waals surface area contributed by atoms with Gasteiger partial charge in [0.05, 0.1) is 18.5 Å². The first-order valence-corrected chi connectivity index (χ1v) is 6.65. The van der Waals surface area contributed by atoms with Crippen molar-refractivity contribution in [2.75, 3.05) is 7.11 Å². The molecule has 0 aromatic heterocycles. The molecule has 0 N–H and O–H groups in total. The number of hydrogen-bond acceptors (Lipinski definition) is 3. The van der Waals surface area contributed by atoms with Crippen molar-refractivity contribution in [3.05, 3.63) is 54.1 Å². The van der Waals surface area contributed by atoms with Crippen LogP contribution in [0, 0.1) is 0 Å². The van der Waals surface area contributed by atoms with Gasteiger partial charge in [-0.1, -0.05) is 32.9 Å². The third-order valence-electron chi connectivity index (χ3n) is 3.07. The SMILES string of the molecule is COc1ccc(N=Nc2cccc(C(C)(C)C)c2)cc1. The maximum atomic E-state index is 5.11. The first-order valence-electron chi connectivity index (χ1n) is 6.65. The molecule has 0 aliphatic heterocycles. The molecule has 0 aliphatic carbocycles. The average molecular weight is 268 g/mol. The molecule has 104 valence electrons. The summed E-state index contributed by atoms with van der Waals surface area (Å²) in [6.07, 6.45) is 0. The Kier molecular flexibility index (Phi) is 4.18. The van der Waals surface area contributed by atoms with E-state index >= 15 is 0 Å². The number of azo groups is 1. The topological polar surface area (TPSA) is 34.0 Å². The first-order chi connectivity index (χ1) is 9.49. The van der Waals surface area contributed by atoms with Crippen molar-refractivity contribution in [2.24, 2.45) is 10.2 Å². The monoisotopic (exact) mass is 268 g/mol.